The van der Waals surface area contributed by atoms with Crippen LogP contribution >= 0.6 is 11.3 Å². The number of carboxylic acids is 1. The van der Waals surface area contributed by atoms with Crippen LogP contribution in [0, 0.1) is 0 Å². The number of carbonyl (C=O) groups is 1. The molecule has 0 bridgehead atoms. The number of hydrogen-bond acceptors (Lipinski definition) is 4. The van der Waals surface area contributed by atoms with Gasteiger partial charge in [0, 0.05) is 0 Å². The fourth-order valence-corrected chi connectivity index (χ4v) is 3.82. The minimum Gasteiger partial charge on any atom is -0.477 e. The van der Waals surface area contributed by atoms with Gasteiger partial charge in [-0.25, -0.2) is 9.78 Å². The Morgan fingerprint density at radius 2 is 2.00 bits per heavy atom. The lowest BCUT2D eigenvalue weighted by Gasteiger charge is -2.25. The second-order valence-corrected chi connectivity index (χ2v) is 6.42. The molecule has 0 radical (unpaired) electrons. The van der Waals surface area contributed by atoms with Gasteiger partial charge in [0.2, 0.25) is 0 Å². The van der Waals surface area contributed by atoms with Crippen molar-refractivity contribution in [3.05, 3.63) is 15.6 Å². The Balaban J connectivity index is 2.33. The largest absolute Gasteiger partial charge is 0.477 e. The molecule has 1 heterocycles. The molecule has 1 aromatic heterocycles. The topological polar surface area (TPSA) is 76.2 Å². The number of rotatable bonds is 4. The third-order valence-electron chi connectivity index (χ3n) is 3.80. The monoisotopic (exact) mass is 282 g/mol. The van der Waals surface area contributed by atoms with Crippen LogP contribution in [0.15, 0.2) is 0 Å². The number of aryl methyl sites for hydroxylation is 1. The molecule has 1 aliphatic rings. The van der Waals surface area contributed by atoms with Gasteiger partial charge in [0.25, 0.3) is 0 Å². The van der Waals surface area contributed by atoms with Gasteiger partial charge in [-0.3, -0.25) is 0 Å². The zero-order valence-electron chi connectivity index (χ0n) is 11.4. The molecule has 0 saturated heterocycles. The molecule has 0 atom stereocenters. The summed E-state index contributed by atoms with van der Waals surface area (Å²) < 4.78 is 0. The first-order valence-corrected chi connectivity index (χ1v) is 7.91. The molecular weight excluding hydrogens is 260 g/mol. The standard InChI is InChI=1S/C14H22N2O2S/c1-2-7-10-11(12(17)18)19-13(16-10)14(15)8-5-3-4-6-9-14/h2-9,15H2,1H3,(H,17,18). The summed E-state index contributed by atoms with van der Waals surface area (Å²) in [5, 5.41) is 10.1. The molecule has 2 rings (SSSR count). The zero-order chi connectivity index (χ0) is 13.9. The highest BCUT2D eigenvalue weighted by Gasteiger charge is 2.33. The van der Waals surface area contributed by atoms with Crippen LogP contribution in [0.4, 0.5) is 0 Å². The minimum atomic E-state index is -0.871. The summed E-state index contributed by atoms with van der Waals surface area (Å²) in [4.78, 5) is 16.2. The normalized spacial score (nSPS) is 19.1. The van der Waals surface area contributed by atoms with Crippen LogP contribution in [0.1, 0.15) is 72.2 Å². The van der Waals surface area contributed by atoms with E-state index in [4.69, 9.17) is 5.73 Å². The second-order valence-electron chi connectivity index (χ2n) is 5.42. The Morgan fingerprint density at radius 1 is 1.37 bits per heavy atom. The van der Waals surface area contributed by atoms with Crippen molar-refractivity contribution >= 4 is 17.3 Å². The smallest absolute Gasteiger partial charge is 0.347 e. The summed E-state index contributed by atoms with van der Waals surface area (Å²) in [5.74, 6) is -0.871. The summed E-state index contributed by atoms with van der Waals surface area (Å²) >= 11 is 1.29. The summed E-state index contributed by atoms with van der Waals surface area (Å²) in [6.07, 6.45) is 8.13. The first-order chi connectivity index (χ1) is 9.07. The van der Waals surface area contributed by atoms with Crippen molar-refractivity contribution < 1.29 is 9.90 Å². The van der Waals surface area contributed by atoms with Gasteiger partial charge in [-0.15, -0.1) is 11.3 Å². The molecule has 0 unspecified atom stereocenters. The predicted octanol–water partition coefficient (Wildman–Crippen LogP) is 3.30. The fraction of sp³-hybridized carbons (Fsp3) is 0.714. The van der Waals surface area contributed by atoms with Crippen molar-refractivity contribution in [2.75, 3.05) is 0 Å². The summed E-state index contributed by atoms with van der Waals surface area (Å²) in [5.41, 5.74) is 6.82. The van der Waals surface area contributed by atoms with Gasteiger partial charge in [0.15, 0.2) is 0 Å². The maximum absolute atomic E-state index is 11.3. The first-order valence-electron chi connectivity index (χ1n) is 7.09. The van der Waals surface area contributed by atoms with Crippen molar-refractivity contribution in [2.24, 2.45) is 5.73 Å². The first kappa shape index (κ1) is 14.5. The van der Waals surface area contributed by atoms with E-state index >= 15 is 0 Å². The number of aromatic carboxylic acids is 1. The Bertz CT molecular complexity index is 448. The molecule has 106 valence electrons. The highest BCUT2D eigenvalue weighted by molar-refractivity contribution is 7.13. The number of aromatic nitrogens is 1. The summed E-state index contributed by atoms with van der Waals surface area (Å²) in [7, 11) is 0. The maximum Gasteiger partial charge on any atom is 0.347 e. The number of carboxylic acid groups (broad SMARTS) is 1. The van der Waals surface area contributed by atoms with Gasteiger partial charge in [-0.1, -0.05) is 39.0 Å². The Labute approximate surface area is 118 Å². The number of thiazole rings is 1. The number of hydrogen-bond donors (Lipinski definition) is 2. The van der Waals surface area contributed by atoms with Crippen molar-refractivity contribution in [1.29, 1.82) is 0 Å². The summed E-state index contributed by atoms with van der Waals surface area (Å²) in [6.45, 7) is 2.04. The van der Waals surface area contributed by atoms with E-state index in [1.807, 2.05) is 6.92 Å². The molecule has 1 aromatic rings. The Kier molecular flexibility index (Phi) is 4.58. The molecule has 0 spiro atoms. The van der Waals surface area contributed by atoms with E-state index in [2.05, 4.69) is 4.98 Å². The highest BCUT2D eigenvalue weighted by Crippen LogP contribution is 2.37. The molecule has 1 fully saturated rings. The average molecular weight is 282 g/mol. The van der Waals surface area contributed by atoms with E-state index in [1.165, 1.54) is 24.2 Å². The SMILES string of the molecule is CCCc1nc(C2(N)CCCCCC2)sc1C(=O)O. The lowest BCUT2D eigenvalue weighted by molar-refractivity contribution is 0.0700. The van der Waals surface area contributed by atoms with Gasteiger partial charge in [0.1, 0.15) is 9.88 Å². The molecule has 5 heteroatoms. The van der Waals surface area contributed by atoms with Gasteiger partial charge in [-0.05, 0) is 19.3 Å². The van der Waals surface area contributed by atoms with E-state index < -0.39 is 11.5 Å². The third kappa shape index (κ3) is 3.15. The molecule has 19 heavy (non-hydrogen) atoms. The highest BCUT2D eigenvalue weighted by atomic mass is 32.1. The van der Waals surface area contributed by atoms with E-state index in [1.54, 1.807) is 0 Å². The molecule has 0 aromatic carbocycles. The molecule has 3 N–H and O–H groups in total. The van der Waals surface area contributed by atoms with Crippen molar-refractivity contribution in [3.63, 3.8) is 0 Å². The molecule has 1 aliphatic carbocycles. The minimum absolute atomic E-state index is 0.380. The fourth-order valence-electron chi connectivity index (χ4n) is 2.71. The van der Waals surface area contributed by atoms with Crippen molar-refractivity contribution in [1.82, 2.24) is 4.98 Å². The van der Waals surface area contributed by atoms with Crippen molar-refractivity contribution in [2.45, 2.75) is 63.8 Å². The molecule has 1 saturated carbocycles. The maximum atomic E-state index is 11.3. The van der Waals surface area contributed by atoms with Gasteiger partial charge < -0.3 is 10.8 Å². The predicted molar refractivity (Wildman–Crippen MR) is 76.6 cm³/mol. The second kappa shape index (κ2) is 6.01. The van der Waals surface area contributed by atoms with Crippen LogP contribution in [-0.2, 0) is 12.0 Å². The Hall–Kier alpha value is -0.940. The molecule has 0 aliphatic heterocycles. The lowest BCUT2D eigenvalue weighted by atomic mass is 9.92. The van der Waals surface area contributed by atoms with Crippen LogP contribution in [0.3, 0.4) is 0 Å². The van der Waals surface area contributed by atoms with Gasteiger partial charge in [0.05, 0.1) is 11.2 Å². The van der Waals surface area contributed by atoms with Crippen LogP contribution in [0.2, 0.25) is 0 Å². The molecule has 0 amide bonds. The Morgan fingerprint density at radius 3 is 2.53 bits per heavy atom. The summed E-state index contributed by atoms with van der Waals surface area (Å²) in [6, 6.07) is 0. The zero-order valence-corrected chi connectivity index (χ0v) is 12.3. The third-order valence-corrected chi connectivity index (χ3v) is 5.11. The molecule has 4 nitrogen and oxygen atoms in total. The van der Waals surface area contributed by atoms with E-state index in [-0.39, 0.29) is 0 Å². The quantitative estimate of drug-likeness (QED) is 0.831. The van der Waals surface area contributed by atoms with E-state index in [0.29, 0.717) is 17.0 Å². The van der Waals surface area contributed by atoms with Crippen LogP contribution in [0.5, 0.6) is 0 Å². The van der Waals surface area contributed by atoms with Crippen molar-refractivity contribution in [3.8, 4) is 0 Å². The average Bonchev–Trinajstić information content (AvgIpc) is 2.67. The molecular formula is C14H22N2O2S. The lowest BCUT2D eigenvalue weighted by Crippen LogP contribution is -2.35. The van der Waals surface area contributed by atoms with Crippen LogP contribution in [-0.4, -0.2) is 16.1 Å². The van der Waals surface area contributed by atoms with Gasteiger partial charge >= 0.3 is 5.97 Å². The van der Waals surface area contributed by atoms with E-state index in [9.17, 15) is 9.90 Å². The van der Waals surface area contributed by atoms with Gasteiger partial charge in [-0.2, -0.15) is 0 Å². The van der Waals surface area contributed by atoms with E-state index in [0.717, 1.165) is 37.1 Å². The number of nitrogens with two attached hydrogens (primary N) is 1. The van der Waals surface area contributed by atoms with Crippen LogP contribution in [0.25, 0.3) is 0 Å². The number of nitrogens with zero attached hydrogens (tertiary/aromatic N) is 1. The van der Waals surface area contributed by atoms with Crippen LogP contribution < -0.4 is 5.73 Å².